The van der Waals surface area contributed by atoms with Crippen molar-refractivity contribution in [1.29, 1.82) is 0 Å². The maximum absolute atomic E-state index is 12.6. The van der Waals surface area contributed by atoms with Crippen molar-refractivity contribution in [3.05, 3.63) is 59.4 Å². The molecule has 9 heteroatoms. The first-order chi connectivity index (χ1) is 13.1. The lowest BCUT2D eigenvalue weighted by Crippen LogP contribution is -2.45. The number of nitrogens with one attached hydrogen (secondary N) is 1. The van der Waals surface area contributed by atoms with Gasteiger partial charge in [0.1, 0.15) is 17.5 Å². The third kappa shape index (κ3) is 5.45. The van der Waals surface area contributed by atoms with E-state index in [1.54, 1.807) is 24.3 Å². The molecule has 0 saturated heterocycles. The Labute approximate surface area is 159 Å². The van der Waals surface area contributed by atoms with Crippen LogP contribution >= 0.6 is 0 Å². The molecule has 150 valence electrons. The van der Waals surface area contributed by atoms with Crippen molar-refractivity contribution < 1.29 is 32.2 Å². The molecule has 2 atom stereocenters. The molecule has 1 N–H and O–H groups in total. The molecule has 0 aliphatic carbocycles. The summed E-state index contributed by atoms with van der Waals surface area (Å²) in [5, 5.41) is 1.91. The maximum Gasteiger partial charge on any atom is 0.471 e. The molecule has 6 nitrogen and oxygen atoms in total. The Morgan fingerprint density at radius 2 is 1.75 bits per heavy atom. The summed E-state index contributed by atoms with van der Waals surface area (Å²) in [6, 6.07) is 8.77. The van der Waals surface area contributed by atoms with Gasteiger partial charge in [0.05, 0.1) is 19.3 Å². The Morgan fingerprint density at radius 3 is 2.25 bits per heavy atom. The van der Waals surface area contributed by atoms with Crippen LogP contribution in [0, 0.1) is 6.92 Å². The van der Waals surface area contributed by atoms with Crippen molar-refractivity contribution in [3.63, 3.8) is 0 Å². The summed E-state index contributed by atoms with van der Waals surface area (Å²) in [4.78, 5) is 26.7. The number of hydrogen-bond acceptors (Lipinski definition) is 5. The van der Waals surface area contributed by atoms with Gasteiger partial charge in [-0.05, 0) is 31.5 Å². The number of aryl methyl sites for hydroxylation is 1. The highest BCUT2D eigenvalue weighted by molar-refractivity contribution is 5.87. The quantitative estimate of drug-likeness (QED) is 0.758. The van der Waals surface area contributed by atoms with Crippen molar-refractivity contribution in [3.8, 4) is 5.75 Å². The molecule has 0 bridgehead atoms. The number of amides is 1. The monoisotopic (exact) mass is 396 g/mol. The zero-order chi connectivity index (χ0) is 20.9. The van der Waals surface area contributed by atoms with Crippen LogP contribution in [-0.4, -0.2) is 36.2 Å². The second-order valence-corrected chi connectivity index (χ2v) is 6.08. The first-order valence-corrected chi connectivity index (χ1v) is 8.27. The number of alkyl halides is 3. The summed E-state index contributed by atoms with van der Waals surface area (Å²) in [5.74, 6) is -2.47. The lowest BCUT2D eigenvalue weighted by Gasteiger charge is -2.27. The van der Waals surface area contributed by atoms with Gasteiger partial charge in [-0.3, -0.25) is 4.79 Å². The normalized spacial score (nSPS) is 13.4. The average Bonchev–Trinajstić information content (AvgIpc) is 2.66. The van der Waals surface area contributed by atoms with Crippen LogP contribution in [0.2, 0.25) is 0 Å². The van der Waals surface area contributed by atoms with E-state index in [9.17, 15) is 22.8 Å². The minimum Gasteiger partial charge on any atom is -0.482 e. The summed E-state index contributed by atoms with van der Waals surface area (Å²) >= 11 is 0. The minimum atomic E-state index is -5.00. The highest BCUT2D eigenvalue weighted by Gasteiger charge is 2.40. The van der Waals surface area contributed by atoms with Crippen molar-refractivity contribution >= 4 is 11.9 Å². The van der Waals surface area contributed by atoms with Gasteiger partial charge in [-0.1, -0.05) is 29.8 Å². The Bertz CT molecular complexity index is 821. The van der Waals surface area contributed by atoms with E-state index >= 15 is 0 Å². The third-order valence-corrected chi connectivity index (χ3v) is 3.87. The highest BCUT2D eigenvalue weighted by atomic mass is 19.4. The number of carbonyl (C=O) groups excluding carboxylic acids is 2. The van der Waals surface area contributed by atoms with Crippen LogP contribution in [0.15, 0.2) is 42.6 Å². The number of nitrogens with zero attached hydrogens (tertiary/aromatic N) is 1. The van der Waals surface area contributed by atoms with Crippen LogP contribution in [0.5, 0.6) is 5.75 Å². The topological polar surface area (TPSA) is 77.5 Å². The third-order valence-electron chi connectivity index (χ3n) is 3.87. The molecule has 0 aliphatic rings. The molecule has 0 fully saturated rings. The van der Waals surface area contributed by atoms with Gasteiger partial charge in [-0.25, -0.2) is 9.78 Å². The summed E-state index contributed by atoms with van der Waals surface area (Å²) in [6.07, 6.45) is -4.67. The number of rotatable bonds is 6. The zero-order valence-corrected chi connectivity index (χ0v) is 15.4. The van der Waals surface area contributed by atoms with E-state index in [4.69, 9.17) is 4.74 Å². The smallest absolute Gasteiger partial charge is 0.471 e. The van der Waals surface area contributed by atoms with Gasteiger partial charge in [-0.2, -0.15) is 13.2 Å². The van der Waals surface area contributed by atoms with Crippen molar-refractivity contribution in [1.82, 2.24) is 10.3 Å². The zero-order valence-electron chi connectivity index (χ0n) is 15.4. The molecule has 2 aromatic rings. The van der Waals surface area contributed by atoms with E-state index < -0.39 is 30.2 Å². The van der Waals surface area contributed by atoms with Gasteiger partial charge in [0.15, 0.2) is 0 Å². The van der Waals surface area contributed by atoms with Gasteiger partial charge in [0.2, 0.25) is 0 Å². The number of methoxy groups -OCH3 is 1. The van der Waals surface area contributed by atoms with Gasteiger partial charge < -0.3 is 14.8 Å². The predicted molar refractivity (Wildman–Crippen MR) is 93.8 cm³/mol. The molecular formula is C19H19F3N2O4. The number of esters is 1. The Balaban J connectivity index is 2.26. The Kier molecular flexibility index (Phi) is 6.61. The number of benzene rings is 1. The molecule has 1 aromatic carbocycles. The molecule has 0 saturated carbocycles. The van der Waals surface area contributed by atoms with Gasteiger partial charge >= 0.3 is 18.1 Å². The number of hydrogen-bond donors (Lipinski definition) is 1. The molecule has 1 heterocycles. The van der Waals surface area contributed by atoms with Crippen LogP contribution in [-0.2, 0) is 9.53 Å². The van der Waals surface area contributed by atoms with Crippen molar-refractivity contribution in [2.45, 2.75) is 32.2 Å². The van der Waals surface area contributed by atoms with Crippen LogP contribution in [0.1, 0.15) is 34.6 Å². The molecule has 0 aliphatic heterocycles. The first-order valence-electron chi connectivity index (χ1n) is 8.27. The molecule has 1 aromatic heterocycles. The fourth-order valence-electron chi connectivity index (χ4n) is 2.40. The molecule has 2 rings (SSSR count). The highest BCUT2D eigenvalue weighted by Crippen LogP contribution is 2.26. The summed E-state index contributed by atoms with van der Waals surface area (Å²) in [5.41, 5.74) is 1.58. The Hall–Kier alpha value is -3.10. The fourth-order valence-corrected chi connectivity index (χ4v) is 2.40. The number of halogens is 3. The van der Waals surface area contributed by atoms with Gasteiger partial charge in [-0.15, -0.1) is 0 Å². The van der Waals surface area contributed by atoms with E-state index in [-0.39, 0.29) is 11.4 Å². The number of aromatic nitrogens is 1. The SMILES string of the molecule is COC(=O)c1ccc(O[C@@H](c2ccc(C)cc2)[C@H](C)NC(=O)C(F)(F)F)cn1. The Morgan fingerprint density at radius 1 is 1.11 bits per heavy atom. The van der Waals surface area contributed by atoms with E-state index in [1.165, 1.54) is 32.4 Å². The lowest BCUT2D eigenvalue weighted by molar-refractivity contribution is -0.174. The molecule has 0 radical (unpaired) electrons. The molecule has 1 amide bonds. The summed E-state index contributed by atoms with van der Waals surface area (Å²) < 4.78 is 48.1. The predicted octanol–water partition coefficient (Wildman–Crippen LogP) is 3.36. The summed E-state index contributed by atoms with van der Waals surface area (Å²) in [6.45, 7) is 3.27. The molecule has 0 unspecified atom stereocenters. The van der Waals surface area contributed by atoms with Crippen molar-refractivity contribution in [2.75, 3.05) is 7.11 Å². The van der Waals surface area contributed by atoms with E-state index in [2.05, 4.69) is 9.72 Å². The van der Waals surface area contributed by atoms with E-state index in [0.29, 0.717) is 5.56 Å². The average molecular weight is 396 g/mol. The summed E-state index contributed by atoms with van der Waals surface area (Å²) in [7, 11) is 1.22. The standard InChI is InChI=1S/C19H19F3N2O4/c1-11-4-6-13(7-5-11)16(12(2)24-18(26)19(20,21)22)28-14-8-9-15(23-10-14)17(25)27-3/h4-10,12,16H,1-3H3,(H,24,26)/t12-,16+/m0/s1. The molecular weight excluding hydrogens is 377 g/mol. The number of carbonyl (C=O) groups is 2. The second-order valence-electron chi connectivity index (χ2n) is 6.08. The minimum absolute atomic E-state index is 0.0557. The van der Waals surface area contributed by atoms with Gasteiger partial charge in [0, 0.05) is 0 Å². The maximum atomic E-state index is 12.6. The van der Waals surface area contributed by atoms with Gasteiger partial charge in [0.25, 0.3) is 0 Å². The van der Waals surface area contributed by atoms with Crippen LogP contribution < -0.4 is 10.1 Å². The number of pyridine rings is 1. The lowest BCUT2D eigenvalue weighted by atomic mass is 10.0. The van der Waals surface area contributed by atoms with Crippen LogP contribution in [0.3, 0.4) is 0 Å². The second kappa shape index (κ2) is 8.73. The van der Waals surface area contributed by atoms with E-state index in [0.717, 1.165) is 5.56 Å². The van der Waals surface area contributed by atoms with Crippen LogP contribution in [0.4, 0.5) is 13.2 Å². The molecule has 28 heavy (non-hydrogen) atoms. The molecule has 0 spiro atoms. The van der Waals surface area contributed by atoms with Crippen LogP contribution in [0.25, 0.3) is 0 Å². The fraction of sp³-hybridized carbons (Fsp3) is 0.316. The van der Waals surface area contributed by atoms with E-state index in [1.807, 2.05) is 12.2 Å². The number of ether oxygens (including phenoxy) is 2. The largest absolute Gasteiger partial charge is 0.482 e. The van der Waals surface area contributed by atoms with Crippen molar-refractivity contribution in [2.24, 2.45) is 0 Å². The first kappa shape index (κ1) is 21.2.